The molecule has 2 aromatic rings. The first-order valence-electron chi connectivity index (χ1n) is 10.3. The van der Waals surface area contributed by atoms with Crippen LogP contribution in [-0.4, -0.2) is 24.1 Å². The van der Waals surface area contributed by atoms with Gasteiger partial charge in [-0.25, -0.2) is 0 Å². The maximum absolute atomic E-state index is 2.57. The molecule has 0 unspecified atom stereocenters. The fraction of sp³-hybridized carbons (Fsp3) is 0.727. The molecular weight excluding hydrogens is 399 g/mol. The summed E-state index contributed by atoms with van der Waals surface area (Å²) in [5.41, 5.74) is 5.62. The number of hydrogen-bond donors (Lipinski definition) is 0. The molecule has 0 saturated heterocycles. The van der Waals surface area contributed by atoms with Crippen molar-refractivity contribution in [3.63, 3.8) is 0 Å². The Labute approximate surface area is 172 Å². The van der Waals surface area contributed by atoms with E-state index in [1.165, 1.54) is 32.2 Å². The summed E-state index contributed by atoms with van der Waals surface area (Å²) < 4.78 is 13.3. The van der Waals surface area contributed by atoms with Crippen LogP contribution >= 0.6 is 0 Å². The average molecular weight is 440 g/mol. The Balaban J connectivity index is 2.82. The van der Waals surface area contributed by atoms with Gasteiger partial charge < -0.3 is 0 Å². The molecule has 0 aliphatic rings. The molecule has 0 N–H and O–H groups in total. The van der Waals surface area contributed by atoms with Crippen molar-refractivity contribution in [3.05, 3.63) is 22.8 Å². The summed E-state index contributed by atoms with van der Waals surface area (Å²) in [6.07, 6.45) is 0. The summed E-state index contributed by atoms with van der Waals surface area (Å²) in [7, 11) is 0. The van der Waals surface area contributed by atoms with Crippen LogP contribution < -0.4 is 18.6 Å². The Bertz CT molecular complexity index is 691. The molecule has 0 fully saturated rings. The Morgan fingerprint density at radius 2 is 0.889 bits per heavy atom. The molecule has 0 saturated carbocycles. The van der Waals surface area contributed by atoms with Gasteiger partial charge in [-0.05, 0) is 0 Å². The standard InChI is InChI=1S/C22H40N4Se/c1-13(2)23-17(9)18(10)24(14(3)4)21(23)27-22-25(15(5)6)19(11)20(12)26(22)16(7)8/h13-16H,1-12H3/q+2. The summed E-state index contributed by atoms with van der Waals surface area (Å²) in [6.45, 7) is 27.6. The molecule has 27 heavy (non-hydrogen) atoms. The number of aromatic nitrogens is 4. The third-order valence-electron chi connectivity index (χ3n) is 5.57. The number of imidazole rings is 2. The molecule has 0 bridgehead atoms. The molecule has 0 spiro atoms. The predicted molar refractivity (Wildman–Crippen MR) is 115 cm³/mol. The van der Waals surface area contributed by atoms with Crippen molar-refractivity contribution in [3.8, 4) is 0 Å². The normalized spacial score (nSPS) is 12.4. The van der Waals surface area contributed by atoms with Crippen LogP contribution in [-0.2, 0) is 0 Å². The van der Waals surface area contributed by atoms with Crippen molar-refractivity contribution in [2.45, 2.75) is 107 Å². The van der Waals surface area contributed by atoms with E-state index >= 15 is 0 Å². The van der Waals surface area contributed by atoms with Crippen LogP contribution in [0.15, 0.2) is 0 Å². The molecule has 2 aromatic heterocycles. The zero-order chi connectivity index (χ0) is 20.8. The quantitative estimate of drug-likeness (QED) is 0.486. The zero-order valence-corrected chi connectivity index (χ0v) is 21.2. The van der Waals surface area contributed by atoms with Gasteiger partial charge in [0.2, 0.25) is 0 Å². The van der Waals surface area contributed by atoms with E-state index in [0.717, 1.165) is 0 Å². The summed E-state index contributed by atoms with van der Waals surface area (Å²) in [5, 5.41) is 0. The van der Waals surface area contributed by atoms with Gasteiger partial charge >= 0.3 is 173 Å². The first-order valence-corrected chi connectivity index (χ1v) is 12.1. The zero-order valence-electron chi connectivity index (χ0n) is 19.5. The molecular formula is C22H40N4Se+2. The van der Waals surface area contributed by atoms with Gasteiger partial charge in [-0.3, -0.25) is 0 Å². The molecule has 152 valence electrons. The summed E-state index contributed by atoms with van der Waals surface area (Å²) in [6, 6.07) is 1.88. The van der Waals surface area contributed by atoms with Crippen molar-refractivity contribution in [1.29, 1.82) is 0 Å². The van der Waals surface area contributed by atoms with E-state index in [9.17, 15) is 0 Å². The van der Waals surface area contributed by atoms with E-state index in [1.807, 2.05) is 0 Å². The Kier molecular flexibility index (Phi) is 6.69. The van der Waals surface area contributed by atoms with Gasteiger partial charge in [0, 0.05) is 0 Å². The average Bonchev–Trinajstić information content (AvgIpc) is 2.91. The topological polar surface area (TPSA) is 17.6 Å². The third kappa shape index (κ3) is 3.78. The van der Waals surface area contributed by atoms with Crippen molar-refractivity contribution >= 4 is 24.4 Å². The molecule has 2 rings (SSSR count). The van der Waals surface area contributed by atoms with Gasteiger partial charge in [0.15, 0.2) is 0 Å². The Hall–Kier alpha value is -1.06. The van der Waals surface area contributed by atoms with Crippen molar-refractivity contribution in [2.24, 2.45) is 0 Å². The number of hydrogen-bond acceptors (Lipinski definition) is 0. The van der Waals surface area contributed by atoms with Crippen LogP contribution in [0, 0.1) is 27.7 Å². The second-order valence-electron chi connectivity index (χ2n) is 8.86. The number of nitrogens with zero attached hydrogens (tertiary/aromatic N) is 4. The molecule has 5 heteroatoms. The SMILES string of the molecule is Cc1c(C)[n+](C(C)C)c([Se]c2n(C(C)C)c(C)c(C)[n+]2C(C)C)n1C(C)C. The van der Waals surface area contributed by atoms with Gasteiger partial charge in [0.25, 0.3) is 0 Å². The third-order valence-corrected chi connectivity index (χ3v) is 7.98. The van der Waals surface area contributed by atoms with Gasteiger partial charge in [-0.1, -0.05) is 0 Å². The van der Waals surface area contributed by atoms with Crippen LogP contribution in [0.25, 0.3) is 0 Å². The minimum absolute atomic E-state index is 0.223. The second kappa shape index (κ2) is 8.13. The van der Waals surface area contributed by atoms with Gasteiger partial charge in [-0.15, -0.1) is 0 Å². The second-order valence-corrected chi connectivity index (χ2v) is 10.8. The maximum atomic E-state index is 2.57. The van der Waals surface area contributed by atoms with Crippen molar-refractivity contribution in [2.75, 3.05) is 0 Å². The van der Waals surface area contributed by atoms with E-state index in [1.54, 1.807) is 0 Å². The molecule has 0 aliphatic heterocycles. The Morgan fingerprint density at radius 3 is 1.11 bits per heavy atom. The van der Waals surface area contributed by atoms with E-state index < -0.39 is 0 Å². The van der Waals surface area contributed by atoms with Gasteiger partial charge in [0.1, 0.15) is 0 Å². The molecule has 0 aliphatic carbocycles. The summed E-state index contributed by atoms with van der Waals surface area (Å²) in [4.78, 5) is 0. The van der Waals surface area contributed by atoms with E-state index in [2.05, 4.69) is 101 Å². The van der Waals surface area contributed by atoms with Crippen LogP contribution in [0.2, 0.25) is 0 Å². The van der Waals surface area contributed by atoms with Crippen molar-refractivity contribution < 1.29 is 9.13 Å². The van der Waals surface area contributed by atoms with Crippen molar-refractivity contribution in [1.82, 2.24) is 9.13 Å². The fourth-order valence-corrected chi connectivity index (χ4v) is 8.30. The monoisotopic (exact) mass is 440 g/mol. The van der Waals surface area contributed by atoms with Crippen LogP contribution in [0.5, 0.6) is 0 Å². The molecule has 0 atom stereocenters. The first-order chi connectivity index (χ1) is 12.4. The van der Waals surface area contributed by atoms with E-state index in [4.69, 9.17) is 0 Å². The predicted octanol–water partition coefficient (Wildman–Crippen LogP) is 3.08. The number of rotatable bonds is 6. The summed E-state index contributed by atoms with van der Waals surface area (Å²) in [5.74, 6) is 0. The fourth-order valence-electron chi connectivity index (χ4n) is 4.21. The molecule has 4 nitrogen and oxygen atoms in total. The molecule has 2 heterocycles. The first kappa shape index (κ1) is 22.2. The Morgan fingerprint density at radius 1 is 0.593 bits per heavy atom. The van der Waals surface area contributed by atoms with E-state index in [0.29, 0.717) is 24.2 Å². The van der Waals surface area contributed by atoms with Gasteiger partial charge in [-0.2, -0.15) is 0 Å². The van der Waals surface area contributed by atoms with Gasteiger partial charge in [0.05, 0.1) is 0 Å². The van der Waals surface area contributed by atoms with Crippen LogP contribution in [0.3, 0.4) is 0 Å². The minimum atomic E-state index is 0.223. The molecule has 0 aromatic carbocycles. The molecule has 0 radical (unpaired) electrons. The van der Waals surface area contributed by atoms with Crippen LogP contribution in [0.1, 0.15) is 102 Å². The van der Waals surface area contributed by atoms with E-state index in [-0.39, 0.29) is 15.0 Å². The molecule has 0 amide bonds. The summed E-state index contributed by atoms with van der Waals surface area (Å²) >= 11 is 0.223. The van der Waals surface area contributed by atoms with Crippen LogP contribution in [0.4, 0.5) is 0 Å².